The monoisotopic (exact) mass is 491 g/mol. The number of nitrogens with one attached hydrogen (secondary N) is 1. The van der Waals surface area contributed by atoms with Crippen LogP contribution in [-0.2, 0) is 12.3 Å². The van der Waals surface area contributed by atoms with Gasteiger partial charge in [-0.2, -0.15) is 0 Å². The maximum atomic E-state index is 13.0. The number of rotatable bonds is 7. The quantitative estimate of drug-likeness (QED) is 0.285. The van der Waals surface area contributed by atoms with E-state index in [4.69, 9.17) is 4.42 Å². The number of hydrogen-bond donors (Lipinski definition) is 1. The summed E-state index contributed by atoms with van der Waals surface area (Å²) in [5, 5.41) is 3.60. The first kappa shape index (κ1) is 22.1. The van der Waals surface area contributed by atoms with E-state index in [-0.39, 0.29) is 5.91 Å². The van der Waals surface area contributed by atoms with Gasteiger partial charge in [0.2, 0.25) is 0 Å². The second-order valence-electron chi connectivity index (χ2n) is 8.20. The van der Waals surface area contributed by atoms with Gasteiger partial charge in [-0.15, -0.1) is 0 Å². The number of carbonyl (C=O) groups excluding carboxylic acids is 1. The maximum absolute atomic E-state index is 13.0. The van der Waals surface area contributed by atoms with Crippen LogP contribution in [0, 0.1) is 0 Å². The van der Waals surface area contributed by atoms with Crippen LogP contribution in [0.5, 0.6) is 0 Å². The highest BCUT2D eigenvalue weighted by molar-refractivity contribution is 7.98. The smallest absolute Gasteiger partial charge is 0.257 e. The van der Waals surface area contributed by atoms with Crippen LogP contribution in [0.15, 0.2) is 107 Å². The lowest BCUT2D eigenvalue weighted by Gasteiger charge is -2.10. The summed E-state index contributed by atoms with van der Waals surface area (Å²) in [6.07, 6.45) is 3.55. The maximum Gasteiger partial charge on any atom is 0.257 e. The van der Waals surface area contributed by atoms with Crippen molar-refractivity contribution in [1.82, 2.24) is 24.8 Å². The summed E-state index contributed by atoms with van der Waals surface area (Å²) in [7, 11) is 0. The lowest BCUT2D eigenvalue weighted by Crippen LogP contribution is -2.24. The van der Waals surface area contributed by atoms with Gasteiger partial charge in [0.25, 0.3) is 11.1 Å². The SMILES string of the molecule is O=C(NCc1ccc(-n2cnc3ccccc32)nc1)c1ccccc1CSc1nc2ccccc2o1. The summed E-state index contributed by atoms with van der Waals surface area (Å²) in [5.74, 6) is 1.22. The van der Waals surface area contributed by atoms with Gasteiger partial charge in [-0.3, -0.25) is 9.36 Å². The van der Waals surface area contributed by atoms with E-state index < -0.39 is 0 Å². The van der Waals surface area contributed by atoms with Gasteiger partial charge in [-0.25, -0.2) is 15.0 Å². The second kappa shape index (κ2) is 9.67. The third kappa shape index (κ3) is 4.46. The van der Waals surface area contributed by atoms with Crippen molar-refractivity contribution in [3.8, 4) is 5.82 Å². The van der Waals surface area contributed by atoms with Crippen LogP contribution in [0.3, 0.4) is 0 Å². The molecule has 36 heavy (non-hydrogen) atoms. The molecule has 6 rings (SSSR count). The number of nitrogens with zero attached hydrogens (tertiary/aromatic N) is 4. The number of imidazole rings is 1. The minimum Gasteiger partial charge on any atom is -0.431 e. The van der Waals surface area contributed by atoms with Crippen molar-refractivity contribution in [2.75, 3.05) is 0 Å². The number of hydrogen-bond acceptors (Lipinski definition) is 6. The third-order valence-corrected chi connectivity index (χ3v) is 6.73. The summed E-state index contributed by atoms with van der Waals surface area (Å²) >= 11 is 1.47. The van der Waals surface area contributed by atoms with Gasteiger partial charge >= 0.3 is 0 Å². The van der Waals surface area contributed by atoms with Crippen molar-refractivity contribution >= 4 is 39.8 Å². The van der Waals surface area contributed by atoms with Crippen molar-refractivity contribution < 1.29 is 9.21 Å². The molecule has 0 aliphatic heterocycles. The minimum atomic E-state index is -0.131. The molecule has 176 valence electrons. The molecule has 0 unspecified atom stereocenters. The van der Waals surface area contributed by atoms with Crippen LogP contribution in [0.25, 0.3) is 28.0 Å². The zero-order chi connectivity index (χ0) is 24.3. The third-order valence-electron chi connectivity index (χ3n) is 5.85. The Labute approximate surface area is 211 Å². The van der Waals surface area contributed by atoms with Crippen molar-refractivity contribution in [2.24, 2.45) is 0 Å². The van der Waals surface area contributed by atoms with E-state index in [0.717, 1.165) is 39.1 Å². The second-order valence-corrected chi connectivity index (χ2v) is 9.13. The van der Waals surface area contributed by atoms with Crippen LogP contribution in [-0.4, -0.2) is 25.4 Å². The first-order valence-electron chi connectivity index (χ1n) is 11.5. The average Bonchev–Trinajstić information content (AvgIpc) is 3.55. The summed E-state index contributed by atoms with van der Waals surface area (Å²) in [4.78, 5) is 26.5. The molecule has 0 spiro atoms. The Bertz CT molecular complexity index is 1640. The Morgan fingerprint density at radius 2 is 1.69 bits per heavy atom. The van der Waals surface area contributed by atoms with Crippen molar-refractivity contribution in [3.63, 3.8) is 0 Å². The number of pyridine rings is 1. The van der Waals surface area contributed by atoms with Crippen LogP contribution < -0.4 is 5.32 Å². The van der Waals surface area contributed by atoms with Crippen molar-refractivity contribution in [2.45, 2.75) is 17.5 Å². The van der Waals surface area contributed by atoms with Crippen molar-refractivity contribution in [1.29, 1.82) is 0 Å². The summed E-state index contributed by atoms with van der Waals surface area (Å²) in [6.45, 7) is 0.378. The number of fused-ring (bicyclic) bond motifs is 2. The van der Waals surface area contributed by atoms with E-state index in [2.05, 4.69) is 20.3 Å². The highest BCUT2D eigenvalue weighted by Crippen LogP contribution is 2.27. The first-order chi connectivity index (χ1) is 17.7. The normalized spacial score (nSPS) is 11.2. The minimum absolute atomic E-state index is 0.131. The van der Waals surface area contributed by atoms with E-state index in [0.29, 0.717) is 23.1 Å². The lowest BCUT2D eigenvalue weighted by atomic mass is 10.1. The Balaban J connectivity index is 1.11. The van der Waals surface area contributed by atoms with Gasteiger partial charge in [-0.1, -0.05) is 60.3 Å². The van der Waals surface area contributed by atoms with Crippen LogP contribution >= 0.6 is 11.8 Å². The predicted octanol–water partition coefficient (Wildman–Crippen LogP) is 5.78. The molecule has 0 aliphatic carbocycles. The molecule has 8 heteroatoms. The van der Waals surface area contributed by atoms with E-state index in [1.165, 1.54) is 11.8 Å². The molecule has 0 atom stereocenters. The van der Waals surface area contributed by atoms with Crippen LogP contribution in [0.1, 0.15) is 21.5 Å². The molecule has 0 bridgehead atoms. The predicted molar refractivity (Wildman–Crippen MR) is 140 cm³/mol. The molecule has 0 fully saturated rings. The molecule has 0 saturated carbocycles. The first-order valence-corrected chi connectivity index (χ1v) is 12.4. The molecule has 3 aromatic heterocycles. The number of aromatic nitrogens is 4. The van der Waals surface area contributed by atoms with Gasteiger partial charge in [-0.05, 0) is 47.5 Å². The summed E-state index contributed by atoms with van der Waals surface area (Å²) < 4.78 is 7.74. The highest BCUT2D eigenvalue weighted by atomic mass is 32.2. The number of para-hydroxylation sites is 4. The van der Waals surface area contributed by atoms with Gasteiger partial charge in [0.15, 0.2) is 5.58 Å². The average molecular weight is 492 g/mol. The fourth-order valence-corrected chi connectivity index (χ4v) is 4.85. The summed E-state index contributed by atoms with van der Waals surface area (Å²) in [5.41, 5.74) is 5.97. The Hall–Kier alpha value is -4.43. The number of benzene rings is 3. The molecular weight excluding hydrogens is 470 g/mol. The van der Waals surface area contributed by atoms with Gasteiger partial charge in [0.1, 0.15) is 17.7 Å². The molecule has 1 N–H and O–H groups in total. The van der Waals surface area contributed by atoms with E-state index in [1.807, 2.05) is 89.5 Å². The Kier molecular flexibility index (Phi) is 5.93. The van der Waals surface area contributed by atoms with Crippen molar-refractivity contribution in [3.05, 3.63) is 114 Å². The topological polar surface area (TPSA) is 85.8 Å². The number of carbonyl (C=O) groups is 1. The van der Waals surface area contributed by atoms with E-state index in [1.54, 1.807) is 12.5 Å². The van der Waals surface area contributed by atoms with Gasteiger partial charge in [0, 0.05) is 24.1 Å². The molecule has 0 radical (unpaired) electrons. The zero-order valence-electron chi connectivity index (χ0n) is 19.2. The molecule has 6 aromatic rings. The number of oxazole rings is 1. The lowest BCUT2D eigenvalue weighted by molar-refractivity contribution is 0.0950. The van der Waals surface area contributed by atoms with E-state index >= 15 is 0 Å². The Morgan fingerprint density at radius 3 is 2.56 bits per heavy atom. The largest absolute Gasteiger partial charge is 0.431 e. The highest BCUT2D eigenvalue weighted by Gasteiger charge is 2.13. The standard InChI is InChI=1S/C28H21N5O2S/c34-27(21-8-2-1-7-20(21)17-36-28-32-23-10-4-6-12-25(23)35-28)30-16-19-13-14-26(29-15-19)33-18-31-22-9-3-5-11-24(22)33/h1-15,18H,16-17H2,(H,30,34). The molecular formula is C28H21N5O2S. The van der Waals surface area contributed by atoms with E-state index in [9.17, 15) is 4.79 Å². The Morgan fingerprint density at radius 1 is 0.889 bits per heavy atom. The van der Waals surface area contributed by atoms with Gasteiger partial charge < -0.3 is 9.73 Å². The zero-order valence-corrected chi connectivity index (χ0v) is 20.0. The summed E-state index contributed by atoms with van der Waals surface area (Å²) in [6, 6.07) is 27.1. The fraction of sp³-hybridized carbons (Fsp3) is 0.0714. The fourth-order valence-electron chi connectivity index (χ4n) is 4.00. The van der Waals surface area contributed by atoms with Crippen LogP contribution in [0.4, 0.5) is 0 Å². The van der Waals surface area contributed by atoms with Crippen LogP contribution in [0.2, 0.25) is 0 Å². The molecule has 1 amide bonds. The number of amides is 1. The van der Waals surface area contributed by atoms with Gasteiger partial charge in [0.05, 0.1) is 11.0 Å². The molecule has 0 aliphatic rings. The molecule has 3 heterocycles. The molecule has 3 aromatic carbocycles. The number of thioether (sulfide) groups is 1. The molecule has 0 saturated heterocycles. The molecule has 7 nitrogen and oxygen atoms in total.